The molecule has 0 spiro atoms. The van der Waals surface area contributed by atoms with Gasteiger partial charge in [0.15, 0.2) is 5.96 Å². The lowest BCUT2D eigenvalue weighted by Crippen LogP contribution is -2.39. The smallest absolute Gasteiger partial charge is 0.191 e. The molecule has 0 aromatic heterocycles. The Bertz CT molecular complexity index is 267. The van der Waals surface area contributed by atoms with Gasteiger partial charge in [0.2, 0.25) is 0 Å². The SMILES string of the molecule is CCNC(=NCC(C)(C)SC)NCCCOCCOC.I. The van der Waals surface area contributed by atoms with E-state index >= 15 is 0 Å². The number of ether oxygens (including phenoxy) is 2. The van der Waals surface area contributed by atoms with Crippen LogP contribution in [0.2, 0.25) is 0 Å². The van der Waals surface area contributed by atoms with Crippen molar-refractivity contribution in [1.82, 2.24) is 10.6 Å². The zero-order valence-electron chi connectivity index (χ0n) is 14.0. The van der Waals surface area contributed by atoms with Crippen molar-refractivity contribution in [3.05, 3.63) is 0 Å². The zero-order valence-corrected chi connectivity index (χ0v) is 17.2. The maximum Gasteiger partial charge on any atom is 0.191 e. The number of hydrogen-bond acceptors (Lipinski definition) is 4. The lowest BCUT2D eigenvalue weighted by atomic mass is 10.2. The van der Waals surface area contributed by atoms with Crippen LogP contribution in [0.4, 0.5) is 0 Å². The highest BCUT2D eigenvalue weighted by Crippen LogP contribution is 2.20. The van der Waals surface area contributed by atoms with Gasteiger partial charge in [0, 0.05) is 31.6 Å². The molecular formula is C14H32IN3O2S. The summed E-state index contributed by atoms with van der Waals surface area (Å²) in [6.07, 6.45) is 3.08. The van der Waals surface area contributed by atoms with Crippen molar-refractivity contribution in [3.8, 4) is 0 Å². The summed E-state index contributed by atoms with van der Waals surface area (Å²) in [6.45, 7) is 11.1. The molecule has 0 saturated heterocycles. The minimum atomic E-state index is 0. The van der Waals surface area contributed by atoms with Crippen molar-refractivity contribution in [2.45, 2.75) is 31.9 Å². The van der Waals surface area contributed by atoms with Gasteiger partial charge in [-0.05, 0) is 33.4 Å². The fraction of sp³-hybridized carbons (Fsp3) is 0.929. The van der Waals surface area contributed by atoms with Crippen molar-refractivity contribution < 1.29 is 9.47 Å². The van der Waals surface area contributed by atoms with Crippen LogP contribution in [0, 0.1) is 0 Å². The molecule has 0 radical (unpaired) electrons. The van der Waals surface area contributed by atoms with Gasteiger partial charge in [0.05, 0.1) is 19.8 Å². The first-order valence-corrected chi connectivity index (χ1v) is 8.42. The number of nitrogens with one attached hydrogen (secondary N) is 2. The highest BCUT2D eigenvalue weighted by atomic mass is 127. The van der Waals surface area contributed by atoms with Crippen LogP contribution in [0.1, 0.15) is 27.2 Å². The van der Waals surface area contributed by atoms with Crippen LogP contribution in [-0.4, -0.2) is 63.5 Å². The third-order valence-corrected chi connectivity index (χ3v) is 3.94. The van der Waals surface area contributed by atoms with E-state index in [2.05, 4.69) is 42.7 Å². The lowest BCUT2D eigenvalue weighted by Gasteiger charge is -2.20. The van der Waals surface area contributed by atoms with Crippen LogP contribution >= 0.6 is 35.7 Å². The summed E-state index contributed by atoms with van der Waals surface area (Å²) in [5.74, 6) is 0.881. The molecule has 0 bridgehead atoms. The highest BCUT2D eigenvalue weighted by Gasteiger charge is 2.15. The highest BCUT2D eigenvalue weighted by molar-refractivity contribution is 14.0. The number of nitrogens with zero attached hydrogens (tertiary/aromatic N) is 1. The van der Waals surface area contributed by atoms with Crippen molar-refractivity contribution in [2.24, 2.45) is 4.99 Å². The molecule has 2 N–H and O–H groups in total. The Hall–Kier alpha value is 0.270. The van der Waals surface area contributed by atoms with Crippen LogP contribution in [0.5, 0.6) is 0 Å². The minimum Gasteiger partial charge on any atom is -0.382 e. The van der Waals surface area contributed by atoms with Crippen molar-refractivity contribution in [1.29, 1.82) is 0 Å². The molecule has 5 nitrogen and oxygen atoms in total. The van der Waals surface area contributed by atoms with Gasteiger partial charge in [-0.1, -0.05) is 0 Å². The molecule has 0 fully saturated rings. The van der Waals surface area contributed by atoms with Gasteiger partial charge in [0.1, 0.15) is 0 Å². The second-order valence-corrected chi connectivity index (χ2v) is 6.56. The topological polar surface area (TPSA) is 54.9 Å². The molecule has 128 valence electrons. The van der Waals surface area contributed by atoms with E-state index in [-0.39, 0.29) is 28.7 Å². The molecule has 0 atom stereocenters. The third kappa shape index (κ3) is 15.0. The number of rotatable bonds is 11. The molecule has 0 rings (SSSR count). The van der Waals surface area contributed by atoms with Crippen LogP contribution in [-0.2, 0) is 9.47 Å². The molecule has 0 aliphatic rings. The standard InChI is InChI=1S/C14H31N3O2S.HI/c1-6-15-13(17-12-14(2,3)20-5)16-8-7-9-19-11-10-18-4;/h6-12H2,1-5H3,(H2,15,16,17);1H. The van der Waals surface area contributed by atoms with Gasteiger partial charge in [-0.25, -0.2) is 0 Å². The van der Waals surface area contributed by atoms with Crippen LogP contribution in [0.3, 0.4) is 0 Å². The fourth-order valence-electron chi connectivity index (χ4n) is 1.30. The Balaban J connectivity index is 0. The largest absolute Gasteiger partial charge is 0.382 e. The van der Waals surface area contributed by atoms with E-state index in [0.29, 0.717) is 13.2 Å². The van der Waals surface area contributed by atoms with E-state index < -0.39 is 0 Å². The van der Waals surface area contributed by atoms with Gasteiger partial charge in [-0.2, -0.15) is 11.8 Å². The summed E-state index contributed by atoms with van der Waals surface area (Å²) in [5.41, 5.74) is 0. The number of aliphatic imine (C=N–C) groups is 1. The van der Waals surface area contributed by atoms with Crippen LogP contribution < -0.4 is 10.6 Å². The second-order valence-electron chi connectivity index (χ2n) is 5.04. The summed E-state index contributed by atoms with van der Waals surface area (Å²) in [6, 6.07) is 0. The van der Waals surface area contributed by atoms with Crippen molar-refractivity contribution in [2.75, 3.05) is 52.8 Å². The average molecular weight is 433 g/mol. The van der Waals surface area contributed by atoms with E-state index in [1.165, 1.54) is 0 Å². The Morgan fingerprint density at radius 3 is 2.48 bits per heavy atom. The van der Waals surface area contributed by atoms with Gasteiger partial charge in [-0.3, -0.25) is 4.99 Å². The molecule has 0 aliphatic carbocycles. The Kier molecular flexibility index (Phi) is 17.0. The van der Waals surface area contributed by atoms with Crippen LogP contribution in [0.15, 0.2) is 4.99 Å². The number of guanidine groups is 1. The Labute approximate surface area is 151 Å². The van der Waals surface area contributed by atoms with Crippen molar-refractivity contribution in [3.63, 3.8) is 0 Å². The quantitative estimate of drug-likeness (QED) is 0.227. The third-order valence-electron chi connectivity index (χ3n) is 2.70. The molecule has 21 heavy (non-hydrogen) atoms. The van der Waals surface area contributed by atoms with E-state index in [4.69, 9.17) is 9.47 Å². The van der Waals surface area contributed by atoms with Gasteiger partial charge in [0.25, 0.3) is 0 Å². The summed E-state index contributed by atoms with van der Waals surface area (Å²) in [4.78, 5) is 4.62. The molecule has 0 heterocycles. The van der Waals surface area contributed by atoms with Crippen LogP contribution in [0.25, 0.3) is 0 Å². The first-order valence-electron chi connectivity index (χ1n) is 7.19. The number of thioether (sulfide) groups is 1. The van der Waals surface area contributed by atoms with Gasteiger partial charge < -0.3 is 20.1 Å². The molecular weight excluding hydrogens is 401 g/mol. The number of hydrogen-bond donors (Lipinski definition) is 2. The van der Waals surface area contributed by atoms with Crippen molar-refractivity contribution >= 4 is 41.7 Å². The summed E-state index contributed by atoms with van der Waals surface area (Å²) < 4.78 is 10.5. The van der Waals surface area contributed by atoms with Gasteiger partial charge >= 0.3 is 0 Å². The number of halogens is 1. The Morgan fingerprint density at radius 2 is 1.90 bits per heavy atom. The fourth-order valence-corrected chi connectivity index (χ4v) is 1.49. The van der Waals surface area contributed by atoms with Gasteiger partial charge in [-0.15, -0.1) is 24.0 Å². The molecule has 0 amide bonds. The first-order chi connectivity index (χ1) is 9.55. The number of methoxy groups -OCH3 is 1. The summed E-state index contributed by atoms with van der Waals surface area (Å²) in [5, 5.41) is 6.59. The maximum atomic E-state index is 5.42. The second kappa shape index (κ2) is 15.2. The van der Waals surface area contributed by atoms with E-state index in [1.54, 1.807) is 7.11 Å². The van der Waals surface area contributed by atoms with E-state index in [0.717, 1.165) is 38.6 Å². The molecule has 7 heteroatoms. The predicted molar refractivity (Wildman–Crippen MR) is 104 cm³/mol. The minimum absolute atomic E-state index is 0. The zero-order chi connectivity index (χ0) is 15.3. The maximum absolute atomic E-state index is 5.42. The molecule has 0 aliphatic heterocycles. The summed E-state index contributed by atoms with van der Waals surface area (Å²) in [7, 11) is 1.68. The lowest BCUT2D eigenvalue weighted by molar-refractivity contribution is 0.0698. The molecule has 0 unspecified atom stereocenters. The first kappa shape index (κ1) is 23.5. The van der Waals surface area contributed by atoms with E-state index in [1.807, 2.05) is 11.8 Å². The average Bonchev–Trinajstić information content (AvgIpc) is 2.43. The predicted octanol–water partition coefficient (Wildman–Crippen LogP) is 2.35. The Morgan fingerprint density at radius 1 is 1.19 bits per heavy atom. The monoisotopic (exact) mass is 433 g/mol. The molecule has 0 aromatic carbocycles. The van der Waals surface area contributed by atoms with E-state index in [9.17, 15) is 0 Å². The molecule has 0 aromatic rings. The summed E-state index contributed by atoms with van der Waals surface area (Å²) >= 11 is 1.83. The normalized spacial score (nSPS) is 12.0. The molecule has 0 saturated carbocycles.